The highest BCUT2D eigenvalue weighted by atomic mass is 16.2. The minimum absolute atomic E-state index is 0.0797. The maximum absolute atomic E-state index is 12.8. The van der Waals surface area contributed by atoms with Crippen LogP contribution in [0.1, 0.15) is 19.8 Å². The largest absolute Gasteiger partial charge is 0.341 e. The van der Waals surface area contributed by atoms with Gasteiger partial charge >= 0.3 is 0 Å². The van der Waals surface area contributed by atoms with Crippen molar-refractivity contribution in [2.45, 2.75) is 25.8 Å². The van der Waals surface area contributed by atoms with Crippen molar-refractivity contribution in [2.24, 2.45) is 11.7 Å². The SMILES string of the molecule is CC[C@H](Nc1nnnn1-c1ccccc1)C(=O)N1CC[C@@H](CN)C1. The first-order valence-electron chi connectivity index (χ1n) is 8.32. The van der Waals surface area contributed by atoms with E-state index in [4.69, 9.17) is 5.73 Å². The van der Waals surface area contributed by atoms with Crippen molar-refractivity contribution in [1.29, 1.82) is 0 Å². The molecule has 128 valence electrons. The lowest BCUT2D eigenvalue weighted by Gasteiger charge is -2.23. The van der Waals surface area contributed by atoms with Gasteiger partial charge in [0.1, 0.15) is 6.04 Å². The average Bonchev–Trinajstić information content (AvgIpc) is 3.29. The molecule has 0 bridgehead atoms. The first-order chi connectivity index (χ1) is 11.7. The monoisotopic (exact) mass is 329 g/mol. The van der Waals surface area contributed by atoms with Crippen molar-refractivity contribution in [2.75, 3.05) is 25.0 Å². The van der Waals surface area contributed by atoms with Gasteiger partial charge in [-0.3, -0.25) is 4.79 Å². The fraction of sp³-hybridized carbons (Fsp3) is 0.500. The van der Waals surface area contributed by atoms with Crippen LogP contribution in [0.2, 0.25) is 0 Å². The van der Waals surface area contributed by atoms with Gasteiger partial charge in [0.2, 0.25) is 11.9 Å². The zero-order valence-corrected chi connectivity index (χ0v) is 13.8. The van der Waals surface area contributed by atoms with Gasteiger partial charge in [0.05, 0.1) is 5.69 Å². The number of amides is 1. The van der Waals surface area contributed by atoms with Gasteiger partial charge in [0.25, 0.3) is 0 Å². The third-order valence-electron chi connectivity index (χ3n) is 4.41. The van der Waals surface area contributed by atoms with E-state index in [1.165, 1.54) is 0 Å². The second-order valence-electron chi connectivity index (χ2n) is 6.03. The Balaban J connectivity index is 1.73. The highest BCUT2D eigenvalue weighted by Gasteiger charge is 2.30. The third-order valence-corrected chi connectivity index (χ3v) is 4.41. The Hall–Kier alpha value is -2.48. The number of benzene rings is 1. The minimum atomic E-state index is -0.352. The van der Waals surface area contributed by atoms with Gasteiger partial charge in [0.15, 0.2) is 0 Å². The Morgan fingerprint density at radius 3 is 2.88 bits per heavy atom. The molecule has 8 nitrogen and oxygen atoms in total. The molecule has 1 amide bonds. The fourth-order valence-corrected chi connectivity index (χ4v) is 2.96. The predicted molar refractivity (Wildman–Crippen MR) is 90.6 cm³/mol. The summed E-state index contributed by atoms with van der Waals surface area (Å²) in [4.78, 5) is 14.6. The van der Waals surface area contributed by atoms with E-state index < -0.39 is 0 Å². The van der Waals surface area contributed by atoms with Crippen LogP contribution in [0.15, 0.2) is 30.3 Å². The number of anilines is 1. The average molecular weight is 329 g/mol. The molecule has 1 aliphatic heterocycles. The number of nitrogens with zero attached hydrogens (tertiary/aromatic N) is 5. The third kappa shape index (κ3) is 3.38. The first kappa shape index (κ1) is 16.4. The van der Waals surface area contributed by atoms with Crippen LogP contribution >= 0.6 is 0 Å². The van der Waals surface area contributed by atoms with Crippen LogP contribution in [0.3, 0.4) is 0 Å². The molecule has 0 spiro atoms. The van der Waals surface area contributed by atoms with Crippen LogP contribution in [0.4, 0.5) is 5.95 Å². The molecule has 1 aromatic carbocycles. The summed E-state index contributed by atoms with van der Waals surface area (Å²) in [5, 5.41) is 14.9. The van der Waals surface area contributed by atoms with E-state index in [9.17, 15) is 4.79 Å². The van der Waals surface area contributed by atoms with Crippen LogP contribution in [0.5, 0.6) is 0 Å². The molecule has 8 heteroatoms. The lowest BCUT2D eigenvalue weighted by Crippen LogP contribution is -2.42. The number of hydrogen-bond acceptors (Lipinski definition) is 6. The zero-order chi connectivity index (χ0) is 16.9. The number of aromatic nitrogens is 4. The zero-order valence-electron chi connectivity index (χ0n) is 13.8. The highest BCUT2D eigenvalue weighted by Crippen LogP contribution is 2.18. The first-order valence-corrected chi connectivity index (χ1v) is 8.32. The van der Waals surface area contributed by atoms with E-state index in [1.807, 2.05) is 42.2 Å². The Bertz CT molecular complexity index is 672. The maximum atomic E-state index is 12.8. The molecule has 3 rings (SSSR count). The second-order valence-corrected chi connectivity index (χ2v) is 6.03. The van der Waals surface area contributed by atoms with Gasteiger partial charge in [-0.1, -0.05) is 30.2 Å². The van der Waals surface area contributed by atoms with Crippen LogP contribution < -0.4 is 11.1 Å². The van der Waals surface area contributed by atoms with E-state index in [1.54, 1.807) is 4.68 Å². The molecular weight excluding hydrogens is 306 g/mol. The number of rotatable bonds is 6. The Labute approximate surface area is 141 Å². The van der Waals surface area contributed by atoms with Gasteiger partial charge in [-0.2, -0.15) is 4.68 Å². The van der Waals surface area contributed by atoms with Crippen molar-refractivity contribution < 1.29 is 4.79 Å². The fourth-order valence-electron chi connectivity index (χ4n) is 2.96. The predicted octanol–water partition coefficient (Wildman–Crippen LogP) is 0.660. The Kier molecular flexibility index (Phi) is 5.05. The number of nitrogens with two attached hydrogens (primary N) is 1. The van der Waals surface area contributed by atoms with Gasteiger partial charge in [0, 0.05) is 13.1 Å². The maximum Gasteiger partial charge on any atom is 0.248 e. The summed E-state index contributed by atoms with van der Waals surface area (Å²) < 4.78 is 1.60. The number of para-hydroxylation sites is 1. The van der Waals surface area contributed by atoms with Crippen molar-refractivity contribution in [3.63, 3.8) is 0 Å². The quantitative estimate of drug-likeness (QED) is 0.807. The highest BCUT2D eigenvalue weighted by molar-refractivity contribution is 5.84. The normalized spacial score (nSPS) is 18.6. The lowest BCUT2D eigenvalue weighted by molar-refractivity contribution is -0.131. The number of carbonyl (C=O) groups is 1. The van der Waals surface area contributed by atoms with Gasteiger partial charge in [-0.25, -0.2) is 0 Å². The Morgan fingerprint density at radius 1 is 1.42 bits per heavy atom. The standard InChI is InChI=1S/C16H23N7O/c1-2-14(15(24)22-9-8-12(10-17)11-22)18-16-19-20-21-23(16)13-6-4-3-5-7-13/h3-7,12,14H,2,8-11,17H2,1H3,(H,18,19,21)/t12-,14-/m0/s1. The van der Waals surface area contributed by atoms with Crippen molar-refractivity contribution >= 4 is 11.9 Å². The molecule has 3 N–H and O–H groups in total. The smallest absolute Gasteiger partial charge is 0.248 e. The molecule has 0 unspecified atom stereocenters. The van der Waals surface area contributed by atoms with E-state index in [2.05, 4.69) is 20.8 Å². The molecule has 0 saturated carbocycles. The van der Waals surface area contributed by atoms with Crippen molar-refractivity contribution in [3.8, 4) is 5.69 Å². The molecule has 1 saturated heterocycles. The molecule has 2 atom stereocenters. The van der Waals surface area contributed by atoms with Gasteiger partial charge in [-0.05, 0) is 47.9 Å². The number of carbonyl (C=O) groups excluding carboxylic acids is 1. The van der Waals surface area contributed by atoms with Gasteiger partial charge < -0.3 is 16.0 Å². The van der Waals surface area contributed by atoms with Crippen LogP contribution in [0, 0.1) is 5.92 Å². The molecule has 1 aliphatic rings. The molecule has 2 aromatic rings. The second kappa shape index (κ2) is 7.39. The minimum Gasteiger partial charge on any atom is -0.341 e. The molecular formula is C16H23N7O. The topological polar surface area (TPSA) is 102 Å². The summed E-state index contributed by atoms with van der Waals surface area (Å²) in [5.74, 6) is 0.952. The van der Waals surface area contributed by atoms with E-state index in [0.29, 0.717) is 24.8 Å². The lowest BCUT2D eigenvalue weighted by atomic mass is 10.1. The summed E-state index contributed by atoms with van der Waals surface area (Å²) in [6.45, 7) is 4.10. The van der Waals surface area contributed by atoms with Crippen LogP contribution in [0.25, 0.3) is 5.69 Å². The summed E-state index contributed by atoms with van der Waals surface area (Å²) in [6, 6.07) is 9.24. The summed E-state index contributed by atoms with van der Waals surface area (Å²) in [5.41, 5.74) is 6.56. The molecule has 2 heterocycles. The summed E-state index contributed by atoms with van der Waals surface area (Å²) in [6.07, 6.45) is 1.63. The number of likely N-dealkylation sites (tertiary alicyclic amines) is 1. The van der Waals surface area contributed by atoms with Gasteiger partial charge in [-0.15, -0.1) is 0 Å². The molecule has 0 aliphatic carbocycles. The summed E-state index contributed by atoms with van der Waals surface area (Å²) in [7, 11) is 0. The number of nitrogens with one attached hydrogen (secondary N) is 1. The Morgan fingerprint density at radius 2 is 2.21 bits per heavy atom. The van der Waals surface area contributed by atoms with Crippen molar-refractivity contribution in [3.05, 3.63) is 30.3 Å². The van der Waals surface area contributed by atoms with E-state index in [-0.39, 0.29) is 11.9 Å². The number of tetrazole rings is 1. The van der Waals surface area contributed by atoms with E-state index >= 15 is 0 Å². The molecule has 0 radical (unpaired) electrons. The van der Waals surface area contributed by atoms with E-state index in [0.717, 1.165) is 25.2 Å². The molecule has 1 fully saturated rings. The molecule has 1 aromatic heterocycles. The molecule has 24 heavy (non-hydrogen) atoms. The van der Waals surface area contributed by atoms with Crippen molar-refractivity contribution in [1.82, 2.24) is 25.1 Å². The van der Waals surface area contributed by atoms with Crippen LogP contribution in [-0.4, -0.2) is 56.7 Å². The summed E-state index contributed by atoms with van der Waals surface area (Å²) >= 11 is 0. The number of hydrogen-bond donors (Lipinski definition) is 2. The van der Waals surface area contributed by atoms with Crippen LogP contribution in [-0.2, 0) is 4.79 Å².